The Morgan fingerprint density at radius 3 is 2.83 bits per heavy atom. The van der Waals surface area contributed by atoms with Gasteiger partial charge in [0.15, 0.2) is 0 Å². The molecule has 4 nitrogen and oxygen atoms in total. The van der Waals surface area contributed by atoms with E-state index >= 15 is 0 Å². The average Bonchev–Trinajstić information content (AvgIpc) is 2.92. The number of hydrogen-bond acceptors (Lipinski definition) is 3. The van der Waals surface area contributed by atoms with Gasteiger partial charge >= 0.3 is 0 Å². The van der Waals surface area contributed by atoms with Gasteiger partial charge in [0.25, 0.3) is 5.56 Å². The highest BCUT2D eigenvalue weighted by Crippen LogP contribution is 2.46. The molecule has 0 bridgehead atoms. The van der Waals surface area contributed by atoms with Crippen molar-refractivity contribution in [2.24, 2.45) is 5.41 Å². The first-order chi connectivity index (χ1) is 8.45. The van der Waals surface area contributed by atoms with Crippen LogP contribution in [0.3, 0.4) is 0 Å². The van der Waals surface area contributed by atoms with Crippen molar-refractivity contribution in [1.29, 1.82) is 0 Å². The van der Waals surface area contributed by atoms with Gasteiger partial charge in [-0.1, -0.05) is 27.2 Å². The van der Waals surface area contributed by atoms with Crippen LogP contribution in [0.1, 0.15) is 40.0 Å². The lowest BCUT2D eigenvalue weighted by molar-refractivity contribution is 0.540. The van der Waals surface area contributed by atoms with Gasteiger partial charge in [0, 0.05) is 12.6 Å². The minimum Gasteiger partial charge on any atom is -0.379 e. The SMILES string of the molecule is CCCCn1ncc(NC2CC2(C)C)c(Br)c1=O. The molecule has 1 aliphatic rings. The van der Waals surface area contributed by atoms with E-state index in [9.17, 15) is 4.79 Å². The molecule has 1 atom stereocenters. The summed E-state index contributed by atoms with van der Waals surface area (Å²) in [5.74, 6) is 0. The number of aromatic nitrogens is 2. The fourth-order valence-corrected chi connectivity index (χ4v) is 2.36. The number of halogens is 1. The van der Waals surface area contributed by atoms with E-state index in [-0.39, 0.29) is 5.56 Å². The predicted molar refractivity (Wildman–Crippen MR) is 76.9 cm³/mol. The van der Waals surface area contributed by atoms with Crippen LogP contribution in [0.15, 0.2) is 15.5 Å². The third kappa shape index (κ3) is 2.76. The summed E-state index contributed by atoms with van der Waals surface area (Å²) in [4.78, 5) is 12.1. The zero-order valence-electron chi connectivity index (χ0n) is 11.2. The molecule has 0 aromatic carbocycles. The Balaban J connectivity index is 2.14. The van der Waals surface area contributed by atoms with Crippen LogP contribution in [-0.4, -0.2) is 15.8 Å². The summed E-state index contributed by atoms with van der Waals surface area (Å²) in [6, 6.07) is 0.446. The molecule has 100 valence electrons. The van der Waals surface area contributed by atoms with E-state index in [4.69, 9.17) is 0 Å². The fourth-order valence-electron chi connectivity index (χ4n) is 1.93. The first-order valence-corrected chi connectivity index (χ1v) is 7.27. The highest BCUT2D eigenvalue weighted by atomic mass is 79.9. The van der Waals surface area contributed by atoms with Crippen molar-refractivity contribution >= 4 is 21.6 Å². The molecule has 1 aliphatic carbocycles. The van der Waals surface area contributed by atoms with Gasteiger partial charge in [-0.3, -0.25) is 4.79 Å². The predicted octanol–water partition coefficient (Wildman–Crippen LogP) is 3.02. The quantitative estimate of drug-likeness (QED) is 0.909. The Labute approximate surface area is 116 Å². The summed E-state index contributed by atoms with van der Waals surface area (Å²) < 4.78 is 2.12. The summed E-state index contributed by atoms with van der Waals surface area (Å²) >= 11 is 3.38. The lowest BCUT2D eigenvalue weighted by Gasteiger charge is -2.11. The third-order valence-corrected chi connectivity index (χ3v) is 4.32. The lowest BCUT2D eigenvalue weighted by Crippen LogP contribution is -2.25. The maximum Gasteiger partial charge on any atom is 0.283 e. The second-order valence-corrected chi connectivity index (χ2v) is 6.44. The molecule has 2 rings (SSSR count). The van der Waals surface area contributed by atoms with E-state index in [1.54, 1.807) is 6.20 Å². The lowest BCUT2D eigenvalue weighted by atomic mass is 10.2. The van der Waals surface area contributed by atoms with Crippen LogP contribution in [0.2, 0.25) is 0 Å². The Morgan fingerprint density at radius 2 is 2.28 bits per heavy atom. The number of anilines is 1. The van der Waals surface area contributed by atoms with Gasteiger partial charge < -0.3 is 5.32 Å². The average molecular weight is 314 g/mol. The first kappa shape index (κ1) is 13.6. The van der Waals surface area contributed by atoms with Crippen molar-refractivity contribution in [2.75, 3.05) is 5.32 Å². The number of nitrogens with zero attached hydrogens (tertiary/aromatic N) is 2. The first-order valence-electron chi connectivity index (χ1n) is 6.48. The monoisotopic (exact) mass is 313 g/mol. The molecule has 1 aromatic rings. The van der Waals surface area contributed by atoms with Gasteiger partial charge in [-0.05, 0) is 34.2 Å². The van der Waals surface area contributed by atoms with Gasteiger partial charge in [-0.15, -0.1) is 0 Å². The molecular formula is C13H20BrN3O. The summed E-state index contributed by atoms with van der Waals surface area (Å²) in [5, 5.41) is 7.59. The Kier molecular flexibility index (Phi) is 3.80. The normalized spacial score (nSPS) is 20.8. The highest BCUT2D eigenvalue weighted by molar-refractivity contribution is 9.10. The Bertz CT molecular complexity index is 495. The number of rotatable bonds is 5. The van der Waals surface area contributed by atoms with Crippen molar-refractivity contribution in [1.82, 2.24) is 9.78 Å². The van der Waals surface area contributed by atoms with Gasteiger partial charge in [0.05, 0.1) is 11.9 Å². The minimum atomic E-state index is -0.0492. The number of nitrogens with one attached hydrogen (secondary N) is 1. The molecule has 0 aliphatic heterocycles. The molecule has 18 heavy (non-hydrogen) atoms. The molecule has 1 unspecified atom stereocenters. The second kappa shape index (κ2) is 5.03. The number of unbranched alkanes of at least 4 members (excludes halogenated alkanes) is 1. The highest BCUT2D eigenvalue weighted by Gasteiger charge is 2.45. The van der Waals surface area contributed by atoms with Crippen molar-refractivity contribution in [3.8, 4) is 0 Å². The van der Waals surface area contributed by atoms with Crippen LogP contribution in [0.4, 0.5) is 5.69 Å². The Hall–Kier alpha value is -0.840. The molecular weight excluding hydrogens is 294 g/mol. The van der Waals surface area contributed by atoms with Crippen LogP contribution < -0.4 is 10.9 Å². The van der Waals surface area contributed by atoms with Crippen LogP contribution in [0.5, 0.6) is 0 Å². The number of aryl methyl sites for hydroxylation is 1. The fraction of sp³-hybridized carbons (Fsp3) is 0.692. The molecule has 1 N–H and O–H groups in total. The molecule has 1 fully saturated rings. The summed E-state index contributed by atoms with van der Waals surface area (Å²) in [6.07, 6.45) is 4.91. The van der Waals surface area contributed by atoms with Crippen LogP contribution in [0, 0.1) is 5.41 Å². The smallest absolute Gasteiger partial charge is 0.283 e. The van der Waals surface area contributed by atoms with E-state index in [1.165, 1.54) is 4.68 Å². The molecule has 0 amide bonds. The minimum absolute atomic E-state index is 0.0492. The molecule has 1 saturated carbocycles. The van der Waals surface area contributed by atoms with Crippen LogP contribution in [0.25, 0.3) is 0 Å². The van der Waals surface area contributed by atoms with E-state index in [0.29, 0.717) is 22.5 Å². The maximum absolute atomic E-state index is 12.1. The van der Waals surface area contributed by atoms with Crippen LogP contribution in [-0.2, 0) is 6.54 Å². The van der Waals surface area contributed by atoms with E-state index in [1.807, 2.05) is 0 Å². The number of hydrogen-bond donors (Lipinski definition) is 1. The van der Waals surface area contributed by atoms with Crippen molar-refractivity contribution < 1.29 is 0 Å². The zero-order valence-corrected chi connectivity index (χ0v) is 12.7. The molecule has 1 aromatic heterocycles. The largest absolute Gasteiger partial charge is 0.379 e. The van der Waals surface area contributed by atoms with Crippen molar-refractivity contribution in [2.45, 2.75) is 52.6 Å². The van der Waals surface area contributed by atoms with E-state index < -0.39 is 0 Å². The Morgan fingerprint density at radius 1 is 1.61 bits per heavy atom. The van der Waals surface area contributed by atoms with E-state index in [0.717, 1.165) is 24.9 Å². The standard InChI is InChI=1S/C13H20BrN3O/c1-4-5-6-17-12(18)11(14)9(8-15-17)16-10-7-13(10,2)3/h8,10,16H,4-7H2,1-3H3. The van der Waals surface area contributed by atoms with Crippen LogP contribution >= 0.6 is 15.9 Å². The van der Waals surface area contributed by atoms with Crippen molar-refractivity contribution in [3.63, 3.8) is 0 Å². The molecule has 1 heterocycles. The molecule has 0 saturated heterocycles. The molecule has 5 heteroatoms. The molecule has 0 radical (unpaired) electrons. The summed E-state index contributed by atoms with van der Waals surface area (Å²) in [5.41, 5.74) is 1.09. The van der Waals surface area contributed by atoms with Gasteiger partial charge in [0.1, 0.15) is 4.47 Å². The third-order valence-electron chi connectivity index (χ3n) is 3.55. The maximum atomic E-state index is 12.1. The van der Waals surface area contributed by atoms with Gasteiger partial charge in [0.2, 0.25) is 0 Å². The van der Waals surface area contributed by atoms with E-state index in [2.05, 4.69) is 47.1 Å². The zero-order chi connectivity index (χ0) is 13.3. The molecule has 0 spiro atoms. The van der Waals surface area contributed by atoms with Gasteiger partial charge in [-0.25, -0.2) is 4.68 Å². The van der Waals surface area contributed by atoms with Crippen molar-refractivity contribution in [3.05, 3.63) is 21.0 Å². The second-order valence-electron chi connectivity index (χ2n) is 5.64. The van der Waals surface area contributed by atoms with Gasteiger partial charge in [-0.2, -0.15) is 5.10 Å². The summed E-state index contributed by atoms with van der Waals surface area (Å²) in [6.45, 7) is 7.22. The summed E-state index contributed by atoms with van der Waals surface area (Å²) in [7, 11) is 0. The topological polar surface area (TPSA) is 46.9 Å².